The maximum absolute atomic E-state index is 12.2. The molecular weight excluding hydrogens is 304 g/mol. The molecular formula is C18H26N4O2. The molecule has 2 amide bonds. The second kappa shape index (κ2) is 7.30. The smallest absolute Gasteiger partial charge is 0.224 e. The molecule has 1 aromatic heterocycles. The van der Waals surface area contributed by atoms with Gasteiger partial charge in [0.1, 0.15) is 0 Å². The van der Waals surface area contributed by atoms with Crippen LogP contribution in [0, 0.1) is 0 Å². The van der Waals surface area contributed by atoms with E-state index < -0.39 is 0 Å². The van der Waals surface area contributed by atoms with Crippen LogP contribution in [0.15, 0.2) is 24.5 Å². The highest BCUT2D eigenvalue weighted by atomic mass is 16.2. The van der Waals surface area contributed by atoms with E-state index in [-0.39, 0.29) is 23.9 Å². The summed E-state index contributed by atoms with van der Waals surface area (Å²) in [5.74, 6) is 0.222. The van der Waals surface area contributed by atoms with E-state index in [0.29, 0.717) is 18.5 Å². The van der Waals surface area contributed by atoms with Crippen molar-refractivity contribution in [3.05, 3.63) is 30.1 Å². The average Bonchev–Trinajstić information content (AvgIpc) is 2.84. The Hall–Kier alpha value is -1.95. The van der Waals surface area contributed by atoms with Gasteiger partial charge in [-0.05, 0) is 37.3 Å². The molecule has 0 spiro atoms. The van der Waals surface area contributed by atoms with E-state index >= 15 is 0 Å². The SMILES string of the molecule is CC(=O)NC1CCC(N[C@@H]2CC(=O)N(C)[C@H]2c2cccnc2)CC1. The third-order valence-electron chi connectivity index (χ3n) is 5.20. The molecule has 6 nitrogen and oxygen atoms in total. The Balaban J connectivity index is 1.62. The number of nitrogens with zero attached hydrogens (tertiary/aromatic N) is 2. The van der Waals surface area contributed by atoms with Crippen molar-refractivity contribution in [2.75, 3.05) is 7.05 Å². The molecule has 6 heteroatoms. The standard InChI is InChI=1S/C18H26N4O2/c1-12(23)20-14-5-7-15(8-6-14)21-16-10-17(24)22(2)18(16)13-4-3-9-19-11-13/h3-4,9,11,14-16,18,21H,5-8,10H2,1-2H3,(H,20,23)/t14?,15?,16-,18+/m1/s1. The summed E-state index contributed by atoms with van der Waals surface area (Å²) in [6.45, 7) is 1.57. The first-order chi connectivity index (χ1) is 11.5. The van der Waals surface area contributed by atoms with Gasteiger partial charge in [-0.25, -0.2) is 0 Å². The Labute approximate surface area is 143 Å². The fourth-order valence-corrected chi connectivity index (χ4v) is 4.02. The van der Waals surface area contributed by atoms with Crippen LogP contribution in [0.25, 0.3) is 0 Å². The molecule has 1 saturated carbocycles. The molecule has 24 heavy (non-hydrogen) atoms. The van der Waals surface area contributed by atoms with E-state index in [1.165, 1.54) is 0 Å². The summed E-state index contributed by atoms with van der Waals surface area (Å²) in [6.07, 6.45) is 8.17. The number of hydrogen-bond acceptors (Lipinski definition) is 4. The summed E-state index contributed by atoms with van der Waals surface area (Å²) < 4.78 is 0. The van der Waals surface area contributed by atoms with Crippen LogP contribution >= 0.6 is 0 Å². The second-order valence-electron chi connectivity index (χ2n) is 6.96. The predicted molar refractivity (Wildman–Crippen MR) is 91.1 cm³/mol. The minimum atomic E-state index is 0.0410. The van der Waals surface area contributed by atoms with Crippen LogP contribution in [0.5, 0.6) is 0 Å². The Morgan fingerprint density at radius 1 is 1.25 bits per heavy atom. The lowest BCUT2D eigenvalue weighted by atomic mass is 9.89. The van der Waals surface area contributed by atoms with Crippen LogP contribution in [-0.4, -0.2) is 46.9 Å². The molecule has 1 aliphatic carbocycles. The zero-order valence-electron chi connectivity index (χ0n) is 14.4. The topological polar surface area (TPSA) is 74.3 Å². The molecule has 0 unspecified atom stereocenters. The van der Waals surface area contributed by atoms with Crippen LogP contribution in [0.4, 0.5) is 0 Å². The molecule has 2 N–H and O–H groups in total. The molecule has 1 aromatic rings. The minimum Gasteiger partial charge on any atom is -0.354 e. The number of pyridine rings is 1. The van der Waals surface area contributed by atoms with Gasteiger partial charge in [0.2, 0.25) is 11.8 Å². The number of aromatic nitrogens is 1. The number of carbonyl (C=O) groups excluding carboxylic acids is 2. The van der Waals surface area contributed by atoms with Gasteiger partial charge in [0, 0.05) is 50.9 Å². The van der Waals surface area contributed by atoms with E-state index in [4.69, 9.17) is 0 Å². The molecule has 3 rings (SSSR count). The highest BCUT2D eigenvalue weighted by Gasteiger charge is 2.39. The molecule has 130 valence electrons. The van der Waals surface area contributed by atoms with Crippen LogP contribution in [0.2, 0.25) is 0 Å². The van der Waals surface area contributed by atoms with Gasteiger partial charge in [0.25, 0.3) is 0 Å². The molecule has 2 heterocycles. The highest BCUT2D eigenvalue weighted by Crippen LogP contribution is 2.32. The summed E-state index contributed by atoms with van der Waals surface area (Å²) in [7, 11) is 1.87. The molecule has 2 fully saturated rings. The fraction of sp³-hybridized carbons (Fsp3) is 0.611. The molecule has 1 saturated heterocycles. The number of carbonyl (C=O) groups is 2. The van der Waals surface area contributed by atoms with Gasteiger partial charge in [-0.15, -0.1) is 0 Å². The van der Waals surface area contributed by atoms with E-state index in [9.17, 15) is 9.59 Å². The van der Waals surface area contributed by atoms with Gasteiger partial charge in [0.05, 0.1) is 6.04 Å². The van der Waals surface area contributed by atoms with E-state index in [1.807, 2.05) is 30.3 Å². The maximum atomic E-state index is 12.2. The molecule has 0 radical (unpaired) electrons. The number of rotatable bonds is 4. The van der Waals surface area contributed by atoms with Gasteiger partial charge in [-0.3, -0.25) is 14.6 Å². The van der Waals surface area contributed by atoms with Crippen molar-refractivity contribution in [3.8, 4) is 0 Å². The largest absolute Gasteiger partial charge is 0.354 e. The van der Waals surface area contributed by atoms with Crippen molar-refractivity contribution in [1.82, 2.24) is 20.5 Å². The first-order valence-electron chi connectivity index (χ1n) is 8.73. The molecule has 1 aliphatic heterocycles. The van der Waals surface area contributed by atoms with Crippen molar-refractivity contribution in [2.45, 2.75) is 63.2 Å². The van der Waals surface area contributed by atoms with Crippen molar-refractivity contribution in [1.29, 1.82) is 0 Å². The van der Waals surface area contributed by atoms with Gasteiger partial charge in [-0.1, -0.05) is 6.07 Å². The third-order valence-corrected chi connectivity index (χ3v) is 5.20. The van der Waals surface area contributed by atoms with Gasteiger partial charge >= 0.3 is 0 Å². The van der Waals surface area contributed by atoms with Gasteiger partial charge < -0.3 is 15.5 Å². The van der Waals surface area contributed by atoms with Crippen LogP contribution in [0.1, 0.15) is 50.6 Å². The number of likely N-dealkylation sites (tertiary alicyclic amines) is 1. The van der Waals surface area contributed by atoms with Crippen molar-refractivity contribution < 1.29 is 9.59 Å². The second-order valence-corrected chi connectivity index (χ2v) is 6.96. The quantitative estimate of drug-likeness (QED) is 0.875. The maximum Gasteiger partial charge on any atom is 0.224 e. The zero-order valence-corrected chi connectivity index (χ0v) is 14.4. The summed E-state index contributed by atoms with van der Waals surface area (Å²) in [5.41, 5.74) is 1.08. The van der Waals surface area contributed by atoms with Crippen LogP contribution in [0.3, 0.4) is 0 Å². The zero-order chi connectivity index (χ0) is 17.1. The summed E-state index contributed by atoms with van der Waals surface area (Å²) in [5, 5.41) is 6.71. The number of hydrogen-bond donors (Lipinski definition) is 2. The van der Waals surface area contributed by atoms with Crippen molar-refractivity contribution >= 4 is 11.8 Å². The average molecular weight is 330 g/mol. The third kappa shape index (κ3) is 3.75. The molecule has 0 aromatic carbocycles. The summed E-state index contributed by atoms with van der Waals surface area (Å²) in [6, 6.07) is 4.81. The lowest BCUT2D eigenvalue weighted by Crippen LogP contribution is -2.46. The predicted octanol–water partition coefficient (Wildman–Crippen LogP) is 1.39. The van der Waals surface area contributed by atoms with Crippen LogP contribution < -0.4 is 10.6 Å². The van der Waals surface area contributed by atoms with Gasteiger partial charge in [-0.2, -0.15) is 0 Å². The fourth-order valence-electron chi connectivity index (χ4n) is 4.02. The minimum absolute atomic E-state index is 0.0410. The summed E-state index contributed by atoms with van der Waals surface area (Å²) in [4.78, 5) is 29.4. The first-order valence-corrected chi connectivity index (χ1v) is 8.73. The Bertz CT molecular complexity index is 584. The van der Waals surface area contributed by atoms with Crippen LogP contribution in [-0.2, 0) is 9.59 Å². The molecule has 0 bridgehead atoms. The number of likely N-dealkylation sites (N-methyl/N-ethyl adjacent to an activating group) is 1. The Kier molecular flexibility index (Phi) is 5.14. The van der Waals surface area contributed by atoms with Gasteiger partial charge in [0.15, 0.2) is 0 Å². The lowest BCUT2D eigenvalue weighted by molar-refractivity contribution is -0.127. The Morgan fingerprint density at radius 2 is 1.96 bits per heavy atom. The normalized spacial score (nSPS) is 30.4. The van der Waals surface area contributed by atoms with E-state index in [0.717, 1.165) is 31.2 Å². The number of amides is 2. The van der Waals surface area contributed by atoms with Crippen molar-refractivity contribution in [2.24, 2.45) is 0 Å². The summed E-state index contributed by atoms with van der Waals surface area (Å²) >= 11 is 0. The lowest BCUT2D eigenvalue weighted by Gasteiger charge is -2.33. The monoisotopic (exact) mass is 330 g/mol. The van der Waals surface area contributed by atoms with Crippen molar-refractivity contribution in [3.63, 3.8) is 0 Å². The Morgan fingerprint density at radius 3 is 2.58 bits per heavy atom. The number of nitrogens with one attached hydrogen (secondary N) is 2. The first kappa shape index (κ1) is 16.9. The molecule has 2 aliphatic rings. The van der Waals surface area contributed by atoms with E-state index in [2.05, 4.69) is 15.6 Å². The van der Waals surface area contributed by atoms with E-state index in [1.54, 1.807) is 13.1 Å². The highest BCUT2D eigenvalue weighted by molar-refractivity contribution is 5.80. The molecule has 2 atom stereocenters.